The van der Waals surface area contributed by atoms with Gasteiger partial charge in [-0.1, -0.05) is 25.2 Å². The molecule has 2 saturated heterocycles. The fourth-order valence-electron chi connectivity index (χ4n) is 6.62. The van der Waals surface area contributed by atoms with Gasteiger partial charge in [-0.3, -0.25) is 14.6 Å². The second-order valence-electron chi connectivity index (χ2n) is 11.4. The predicted octanol–water partition coefficient (Wildman–Crippen LogP) is 3.91. The van der Waals surface area contributed by atoms with Gasteiger partial charge in [-0.25, -0.2) is 9.18 Å². The normalized spacial score (nSPS) is 28.2. The van der Waals surface area contributed by atoms with Crippen LogP contribution in [-0.2, 0) is 11.2 Å². The lowest BCUT2D eigenvalue weighted by Gasteiger charge is -2.43. The van der Waals surface area contributed by atoms with Crippen LogP contribution in [0.4, 0.5) is 9.18 Å². The number of hydrogen-bond acceptors (Lipinski definition) is 5. The summed E-state index contributed by atoms with van der Waals surface area (Å²) in [5.74, 6) is 0.132. The van der Waals surface area contributed by atoms with Crippen LogP contribution in [-0.4, -0.2) is 81.7 Å². The summed E-state index contributed by atoms with van der Waals surface area (Å²) in [7, 11) is 1.42. The van der Waals surface area contributed by atoms with Crippen LogP contribution in [0.15, 0.2) is 35.9 Å². The van der Waals surface area contributed by atoms with Crippen LogP contribution >= 0.6 is 0 Å². The maximum absolute atomic E-state index is 14.6. The average molecular weight is 523 g/mol. The topological polar surface area (TPSA) is 89.1 Å². The Labute approximate surface area is 221 Å². The van der Waals surface area contributed by atoms with Gasteiger partial charge in [0.2, 0.25) is 0 Å². The van der Waals surface area contributed by atoms with Crippen molar-refractivity contribution in [2.24, 2.45) is 5.92 Å². The molecule has 0 spiro atoms. The summed E-state index contributed by atoms with van der Waals surface area (Å²) in [6, 6.07) is 2.11. The number of aliphatic hydroxyl groups is 1. The van der Waals surface area contributed by atoms with E-state index in [0.717, 1.165) is 48.1 Å². The summed E-state index contributed by atoms with van der Waals surface area (Å²) >= 11 is 0. The number of ether oxygens (including phenoxy) is 1. The van der Waals surface area contributed by atoms with Crippen molar-refractivity contribution >= 4 is 22.8 Å². The van der Waals surface area contributed by atoms with Crippen molar-refractivity contribution in [3.63, 3.8) is 0 Å². The molecule has 2 N–H and O–H groups in total. The second kappa shape index (κ2) is 9.24. The highest BCUT2D eigenvalue weighted by atomic mass is 19.1. The molecule has 202 valence electrons. The fraction of sp³-hybridized carbons (Fsp3) is 0.517. The minimum atomic E-state index is -1.11. The summed E-state index contributed by atoms with van der Waals surface area (Å²) < 4.78 is 19.8. The number of methoxy groups -OCH3 is 1. The Morgan fingerprint density at radius 2 is 1.97 bits per heavy atom. The van der Waals surface area contributed by atoms with Gasteiger partial charge in [0, 0.05) is 42.2 Å². The van der Waals surface area contributed by atoms with Gasteiger partial charge in [-0.05, 0) is 62.4 Å². The molecule has 0 bridgehead atoms. The highest BCUT2D eigenvalue weighted by Crippen LogP contribution is 2.50. The Morgan fingerprint density at radius 1 is 1.21 bits per heavy atom. The largest absolute Gasteiger partial charge is 0.494 e. The number of amides is 3. The minimum Gasteiger partial charge on any atom is -0.494 e. The van der Waals surface area contributed by atoms with E-state index in [4.69, 9.17) is 4.74 Å². The quantitative estimate of drug-likeness (QED) is 0.582. The van der Waals surface area contributed by atoms with E-state index in [9.17, 15) is 19.1 Å². The third-order valence-corrected chi connectivity index (χ3v) is 8.84. The number of nitrogens with one attached hydrogen (secondary N) is 1. The molecule has 1 unspecified atom stereocenters. The van der Waals surface area contributed by atoms with E-state index < -0.39 is 23.5 Å². The fourth-order valence-corrected chi connectivity index (χ4v) is 6.62. The molecule has 0 radical (unpaired) electrons. The number of aromatic nitrogens is 1. The van der Waals surface area contributed by atoms with Crippen LogP contribution in [0.25, 0.3) is 10.9 Å². The van der Waals surface area contributed by atoms with Crippen molar-refractivity contribution in [2.75, 3.05) is 33.3 Å². The van der Waals surface area contributed by atoms with Crippen LogP contribution in [0.3, 0.4) is 0 Å². The van der Waals surface area contributed by atoms with Gasteiger partial charge in [0.15, 0.2) is 11.6 Å². The molecule has 3 aliphatic heterocycles. The maximum atomic E-state index is 14.6. The van der Waals surface area contributed by atoms with Crippen LogP contribution < -0.4 is 4.74 Å². The predicted molar refractivity (Wildman–Crippen MR) is 141 cm³/mol. The molecule has 2 aromatic rings. The van der Waals surface area contributed by atoms with Crippen LogP contribution in [0, 0.1) is 11.7 Å². The number of likely N-dealkylation sites (tertiary alicyclic amines) is 1. The number of halogens is 1. The van der Waals surface area contributed by atoms with Crippen molar-refractivity contribution in [3.05, 3.63) is 53.0 Å². The molecule has 6 rings (SSSR count). The van der Waals surface area contributed by atoms with Gasteiger partial charge < -0.3 is 19.7 Å². The van der Waals surface area contributed by atoms with Gasteiger partial charge in [-0.2, -0.15) is 0 Å². The number of aromatic amines is 1. The summed E-state index contributed by atoms with van der Waals surface area (Å²) in [6.07, 6.45) is 7.91. The van der Waals surface area contributed by atoms with Crippen molar-refractivity contribution < 1.29 is 23.8 Å². The number of carbonyl (C=O) groups excluding carboxylic acids is 2. The van der Waals surface area contributed by atoms with E-state index in [1.54, 1.807) is 17.0 Å². The van der Waals surface area contributed by atoms with E-state index in [1.807, 2.05) is 19.1 Å². The van der Waals surface area contributed by atoms with Crippen LogP contribution in [0.1, 0.15) is 50.4 Å². The monoisotopic (exact) mass is 522 g/mol. The molecule has 1 aliphatic carbocycles. The number of hydrogen-bond donors (Lipinski definition) is 2. The number of carbonyl (C=O) groups is 2. The van der Waals surface area contributed by atoms with Gasteiger partial charge in [0.1, 0.15) is 11.6 Å². The lowest BCUT2D eigenvalue weighted by atomic mass is 9.80. The number of benzene rings is 1. The molecule has 1 aromatic carbocycles. The summed E-state index contributed by atoms with van der Waals surface area (Å²) in [5.41, 5.74) is 1.81. The zero-order valence-electron chi connectivity index (χ0n) is 22.2. The number of piperidine rings is 1. The highest BCUT2D eigenvalue weighted by Gasteiger charge is 2.60. The first-order valence-electron chi connectivity index (χ1n) is 13.5. The zero-order valence-corrected chi connectivity index (χ0v) is 22.2. The maximum Gasteiger partial charge on any atom is 0.328 e. The molecule has 8 nitrogen and oxygen atoms in total. The number of rotatable bonds is 5. The Kier molecular flexibility index (Phi) is 6.11. The third kappa shape index (κ3) is 3.86. The van der Waals surface area contributed by atoms with E-state index in [0.29, 0.717) is 37.4 Å². The second-order valence-corrected chi connectivity index (χ2v) is 11.4. The molecule has 3 atom stereocenters. The molecule has 2 fully saturated rings. The van der Waals surface area contributed by atoms with E-state index >= 15 is 0 Å². The Balaban J connectivity index is 1.41. The summed E-state index contributed by atoms with van der Waals surface area (Å²) in [6.45, 7) is 7.05. The Hall–Kier alpha value is -3.17. The van der Waals surface area contributed by atoms with Crippen molar-refractivity contribution in [1.29, 1.82) is 0 Å². The van der Waals surface area contributed by atoms with E-state index in [2.05, 4.69) is 16.8 Å². The molecular formula is C29H35FN4O4. The number of urea groups is 1. The molecular weight excluding hydrogens is 487 g/mol. The first-order valence-corrected chi connectivity index (χ1v) is 13.5. The highest BCUT2D eigenvalue weighted by molar-refractivity contribution is 6.08. The first-order chi connectivity index (χ1) is 18.2. The zero-order chi connectivity index (χ0) is 26.8. The first kappa shape index (κ1) is 25.1. The molecule has 3 amide bonds. The number of nitrogens with zero attached hydrogens (tertiary/aromatic N) is 3. The summed E-state index contributed by atoms with van der Waals surface area (Å²) in [4.78, 5) is 36.8. The lowest BCUT2D eigenvalue weighted by Crippen LogP contribution is -2.53. The van der Waals surface area contributed by atoms with Crippen molar-refractivity contribution in [1.82, 2.24) is 19.7 Å². The molecule has 4 aliphatic rings. The number of aliphatic hydroxyl groups excluding tert-OH is 1. The van der Waals surface area contributed by atoms with Crippen molar-refractivity contribution in [3.8, 4) is 5.75 Å². The van der Waals surface area contributed by atoms with E-state index in [1.165, 1.54) is 18.1 Å². The smallest absolute Gasteiger partial charge is 0.328 e. The van der Waals surface area contributed by atoms with Gasteiger partial charge in [0.25, 0.3) is 5.91 Å². The SMILES string of the molecule is COc1cc2c3c([nH]c2cc1F)[C@@H](C1=CC(O)CC=C1)N1C(=O)N(CCN2CCC(C)CC2)C(=O)[C@]1(C)C3. The average Bonchev–Trinajstić information content (AvgIpc) is 3.32. The molecule has 38 heavy (non-hydrogen) atoms. The molecule has 4 heterocycles. The Bertz CT molecular complexity index is 1360. The van der Waals surface area contributed by atoms with Crippen LogP contribution in [0.5, 0.6) is 5.75 Å². The number of fused-ring (bicyclic) bond motifs is 4. The third-order valence-electron chi connectivity index (χ3n) is 8.84. The van der Waals surface area contributed by atoms with Crippen LogP contribution in [0.2, 0.25) is 0 Å². The minimum absolute atomic E-state index is 0.127. The van der Waals surface area contributed by atoms with Crippen molar-refractivity contribution in [2.45, 2.75) is 57.2 Å². The van der Waals surface area contributed by atoms with Gasteiger partial charge >= 0.3 is 6.03 Å². The van der Waals surface area contributed by atoms with E-state index in [-0.39, 0.29) is 17.7 Å². The number of H-pyrrole nitrogens is 1. The molecule has 1 aromatic heterocycles. The van der Waals surface area contributed by atoms with Gasteiger partial charge in [0.05, 0.1) is 13.2 Å². The lowest BCUT2D eigenvalue weighted by molar-refractivity contribution is -0.133. The summed E-state index contributed by atoms with van der Waals surface area (Å²) in [5, 5.41) is 11.2. The standard InChI is InChI=1S/C29H35FN4O4/c1-17-7-9-32(10-8-17)11-12-33-27(36)29(2)16-21-20-14-24(38-3)22(30)15-23(20)31-25(21)26(34(29)28(33)37)18-5-4-6-19(35)13-18/h4-5,13-15,17,19,26,31,35H,6-12,16H2,1-3H3/t19?,26-,29+/m1/s1. The number of imide groups is 1. The molecule has 9 heteroatoms. The Morgan fingerprint density at radius 3 is 2.68 bits per heavy atom. The van der Waals surface area contributed by atoms with Gasteiger partial charge in [-0.15, -0.1) is 0 Å². The molecule has 0 saturated carbocycles.